The number of carbonyl (C=O) groups excluding carboxylic acids is 1. The molecule has 0 spiro atoms. The van der Waals surface area contributed by atoms with Crippen molar-refractivity contribution in [1.82, 2.24) is 15.3 Å². The molecule has 2 aromatic carbocycles. The topological polar surface area (TPSA) is 120 Å². The lowest BCUT2D eigenvalue weighted by molar-refractivity contribution is -0.111. The monoisotopic (exact) mass is 482 g/mol. The van der Waals surface area contributed by atoms with E-state index in [0.29, 0.717) is 30.0 Å². The van der Waals surface area contributed by atoms with Crippen LogP contribution in [0.5, 0.6) is 5.75 Å². The molecule has 182 valence electrons. The molecule has 1 aromatic heterocycles. The van der Waals surface area contributed by atoms with Crippen molar-refractivity contribution in [1.29, 1.82) is 0 Å². The maximum absolute atomic E-state index is 14.5. The van der Waals surface area contributed by atoms with Crippen LogP contribution in [-0.2, 0) is 4.79 Å². The van der Waals surface area contributed by atoms with Crippen molar-refractivity contribution in [2.24, 2.45) is 0 Å². The number of β-amino-alcohol motifs (C(OH)–C–C–N with tert-alkyl or cyclic N) is 1. The predicted molar refractivity (Wildman–Crippen MR) is 128 cm³/mol. The molecule has 1 aliphatic heterocycles. The smallest absolute Gasteiger partial charge is 0.247 e. The number of amides is 1. The van der Waals surface area contributed by atoms with Gasteiger partial charge < -0.3 is 31.1 Å². The lowest BCUT2D eigenvalue weighted by atomic mass is 10.2. The van der Waals surface area contributed by atoms with E-state index in [4.69, 9.17) is 4.74 Å². The number of aliphatic hydroxyl groups excluding tert-OH is 1. The summed E-state index contributed by atoms with van der Waals surface area (Å²) in [6, 6.07) is 10.9. The highest BCUT2D eigenvalue weighted by Crippen LogP contribution is 2.25. The van der Waals surface area contributed by atoms with E-state index in [1.54, 1.807) is 30.3 Å². The Balaban J connectivity index is 1.41. The van der Waals surface area contributed by atoms with Crippen molar-refractivity contribution in [2.45, 2.75) is 18.6 Å². The van der Waals surface area contributed by atoms with Crippen LogP contribution in [0.4, 0.5) is 37.6 Å². The van der Waals surface area contributed by atoms with Gasteiger partial charge in [0.15, 0.2) is 23.2 Å². The normalized spacial score (nSPS) is 17.0. The third kappa shape index (κ3) is 6.49. The van der Waals surface area contributed by atoms with Crippen molar-refractivity contribution in [3.05, 3.63) is 73.0 Å². The van der Waals surface area contributed by atoms with Gasteiger partial charge in [-0.05, 0) is 42.8 Å². The van der Waals surface area contributed by atoms with E-state index in [1.807, 2.05) is 0 Å². The Labute approximate surface area is 200 Å². The minimum absolute atomic E-state index is 0.0420. The number of carbonyl (C=O) groups is 1. The van der Waals surface area contributed by atoms with Crippen LogP contribution in [0.2, 0.25) is 0 Å². The molecule has 2 heterocycles. The fraction of sp³-hybridized carbons (Fsp3) is 0.208. The molecule has 5 N–H and O–H groups in total. The summed E-state index contributed by atoms with van der Waals surface area (Å²) in [5, 5.41) is 20.9. The molecule has 0 radical (unpaired) electrons. The average molecular weight is 482 g/mol. The molecule has 2 unspecified atom stereocenters. The zero-order valence-electron chi connectivity index (χ0n) is 18.6. The van der Waals surface area contributed by atoms with E-state index in [1.165, 1.54) is 12.1 Å². The minimum Gasteiger partial charge on any atom is -0.489 e. The number of hydrogen-bond donors (Lipinski definition) is 5. The molecule has 35 heavy (non-hydrogen) atoms. The highest BCUT2D eigenvalue weighted by atomic mass is 19.1. The molecule has 0 bridgehead atoms. The molecular formula is C24H24F2N6O3. The molecule has 9 nitrogen and oxygen atoms in total. The van der Waals surface area contributed by atoms with Crippen molar-refractivity contribution in [3.8, 4) is 5.75 Å². The Kier molecular flexibility index (Phi) is 7.48. The number of anilines is 5. The second-order valence-electron chi connectivity index (χ2n) is 7.87. The summed E-state index contributed by atoms with van der Waals surface area (Å²) < 4.78 is 34.3. The number of aliphatic hydroxyl groups is 1. The van der Waals surface area contributed by atoms with Gasteiger partial charge in [0.2, 0.25) is 11.9 Å². The van der Waals surface area contributed by atoms with Gasteiger partial charge in [0, 0.05) is 35.7 Å². The molecule has 4 rings (SSSR count). The SMILES string of the molecule is C=CC(=O)Nc1cccc(Nc2nc(Nc3ccc(OCC4CC(O)CN4)c(F)c3)ncc2F)c1. The van der Waals surface area contributed by atoms with Crippen molar-refractivity contribution in [2.75, 3.05) is 29.1 Å². The molecule has 1 fully saturated rings. The van der Waals surface area contributed by atoms with Gasteiger partial charge >= 0.3 is 0 Å². The molecular weight excluding hydrogens is 458 g/mol. The molecule has 2 atom stereocenters. The third-order valence-corrected chi connectivity index (χ3v) is 5.15. The van der Waals surface area contributed by atoms with Crippen LogP contribution in [0, 0.1) is 11.6 Å². The lowest BCUT2D eigenvalue weighted by Gasteiger charge is -2.14. The molecule has 0 aliphatic carbocycles. The number of rotatable bonds is 9. The molecule has 3 aromatic rings. The van der Waals surface area contributed by atoms with Gasteiger partial charge in [-0.2, -0.15) is 4.98 Å². The standard InChI is InChI=1S/C24H24F2N6O3/c1-2-22(34)29-14-4-3-5-15(8-14)30-23-20(26)12-28-24(32-23)31-16-6-7-21(19(25)10-16)35-13-17-9-18(33)11-27-17/h2-8,10,12,17-18,27,33H,1,9,11,13H2,(H,29,34)(H2,28,30,31,32). The third-order valence-electron chi connectivity index (χ3n) is 5.15. The maximum atomic E-state index is 14.5. The Hall–Kier alpha value is -4.09. The van der Waals surface area contributed by atoms with E-state index < -0.39 is 17.7 Å². The minimum atomic E-state index is -0.698. The first-order valence-corrected chi connectivity index (χ1v) is 10.8. The van der Waals surface area contributed by atoms with E-state index in [-0.39, 0.29) is 36.1 Å². The fourth-order valence-corrected chi connectivity index (χ4v) is 3.46. The van der Waals surface area contributed by atoms with Crippen LogP contribution in [-0.4, -0.2) is 46.3 Å². The molecule has 1 aliphatic rings. The Morgan fingerprint density at radius 3 is 2.71 bits per heavy atom. The number of aromatic nitrogens is 2. The summed E-state index contributed by atoms with van der Waals surface area (Å²) >= 11 is 0. The van der Waals surface area contributed by atoms with Crippen LogP contribution in [0.1, 0.15) is 6.42 Å². The van der Waals surface area contributed by atoms with Gasteiger partial charge in [0.1, 0.15) is 6.61 Å². The number of hydrogen-bond acceptors (Lipinski definition) is 8. The van der Waals surface area contributed by atoms with Gasteiger partial charge in [0.05, 0.1) is 12.3 Å². The Morgan fingerprint density at radius 1 is 1.17 bits per heavy atom. The summed E-state index contributed by atoms with van der Waals surface area (Å²) in [6.45, 7) is 4.12. The van der Waals surface area contributed by atoms with E-state index >= 15 is 0 Å². The average Bonchev–Trinajstić information content (AvgIpc) is 3.26. The zero-order valence-corrected chi connectivity index (χ0v) is 18.6. The number of nitrogens with one attached hydrogen (secondary N) is 4. The summed E-state index contributed by atoms with van der Waals surface area (Å²) in [4.78, 5) is 19.5. The number of halogens is 2. The Morgan fingerprint density at radius 2 is 1.97 bits per heavy atom. The molecule has 1 amide bonds. The second-order valence-corrected chi connectivity index (χ2v) is 7.87. The van der Waals surface area contributed by atoms with Crippen LogP contribution < -0.4 is 26.0 Å². The van der Waals surface area contributed by atoms with Gasteiger partial charge in [-0.1, -0.05) is 12.6 Å². The van der Waals surface area contributed by atoms with Crippen LogP contribution in [0.25, 0.3) is 0 Å². The Bertz CT molecular complexity index is 1230. The van der Waals surface area contributed by atoms with Gasteiger partial charge in [-0.25, -0.2) is 13.8 Å². The zero-order chi connectivity index (χ0) is 24.8. The highest BCUT2D eigenvalue weighted by molar-refractivity contribution is 5.99. The van der Waals surface area contributed by atoms with Crippen LogP contribution >= 0.6 is 0 Å². The van der Waals surface area contributed by atoms with Crippen LogP contribution in [0.15, 0.2) is 61.3 Å². The van der Waals surface area contributed by atoms with Gasteiger partial charge in [-0.3, -0.25) is 4.79 Å². The summed E-state index contributed by atoms with van der Waals surface area (Å²) in [5.41, 5.74) is 1.31. The van der Waals surface area contributed by atoms with Crippen molar-refractivity contribution >= 4 is 34.7 Å². The van der Waals surface area contributed by atoms with E-state index in [9.17, 15) is 18.7 Å². The molecule has 1 saturated heterocycles. The molecule has 11 heteroatoms. The maximum Gasteiger partial charge on any atom is 0.247 e. The van der Waals surface area contributed by atoms with E-state index in [2.05, 4.69) is 37.8 Å². The fourth-order valence-electron chi connectivity index (χ4n) is 3.46. The highest BCUT2D eigenvalue weighted by Gasteiger charge is 2.22. The van der Waals surface area contributed by atoms with Crippen LogP contribution in [0.3, 0.4) is 0 Å². The number of ether oxygens (including phenoxy) is 1. The largest absolute Gasteiger partial charge is 0.489 e. The quantitative estimate of drug-likeness (QED) is 0.294. The summed E-state index contributed by atoms with van der Waals surface area (Å²) in [6.07, 6.45) is 2.25. The first kappa shape index (κ1) is 24.0. The molecule has 0 saturated carbocycles. The summed E-state index contributed by atoms with van der Waals surface area (Å²) in [7, 11) is 0. The summed E-state index contributed by atoms with van der Waals surface area (Å²) in [5.74, 6) is -1.66. The van der Waals surface area contributed by atoms with Crippen molar-refractivity contribution < 1.29 is 23.4 Å². The van der Waals surface area contributed by atoms with Crippen molar-refractivity contribution in [3.63, 3.8) is 0 Å². The number of nitrogens with zero attached hydrogens (tertiary/aromatic N) is 2. The van der Waals surface area contributed by atoms with Gasteiger partial charge in [0.25, 0.3) is 0 Å². The first-order chi connectivity index (χ1) is 16.9. The number of benzene rings is 2. The predicted octanol–water partition coefficient (Wildman–Crippen LogP) is 3.47. The van der Waals surface area contributed by atoms with E-state index in [0.717, 1.165) is 12.3 Å². The lowest BCUT2D eigenvalue weighted by Crippen LogP contribution is -2.28. The first-order valence-electron chi connectivity index (χ1n) is 10.8. The van der Waals surface area contributed by atoms with Gasteiger partial charge in [-0.15, -0.1) is 0 Å². The second kappa shape index (κ2) is 10.9.